The van der Waals surface area contributed by atoms with E-state index in [1.807, 2.05) is 25.1 Å². The summed E-state index contributed by atoms with van der Waals surface area (Å²) in [6.45, 7) is 3.49. The molecule has 0 saturated carbocycles. The van der Waals surface area contributed by atoms with Crippen LogP contribution in [-0.4, -0.2) is 19.4 Å². The number of ether oxygens (including phenoxy) is 1. The van der Waals surface area contributed by atoms with Gasteiger partial charge in [-0.1, -0.05) is 0 Å². The molecule has 1 heterocycles. The molecule has 0 fully saturated rings. The van der Waals surface area contributed by atoms with Gasteiger partial charge in [-0.05, 0) is 30.7 Å². The van der Waals surface area contributed by atoms with Crippen molar-refractivity contribution in [3.63, 3.8) is 0 Å². The number of carbonyl (C=O) groups is 1. The Hall–Kier alpha value is -1.51. The van der Waals surface area contributed by atoms with Crippen LogP contribution in [0.5, 0.6) is 5.75 Å². The van der Waals surface area contributed by atoms with Crippen LogP contribution in [0.2, 0.25) is 0 Å². The Labute approximate surface area is 89.4 Å². The van der Waals surface area contributed by atoms with Crippen LogP contribution in [0.4, 0.5) is 5.69 Å². The fraction of sp³-hybridized carbons (Fsp3) is 0.417. The highest BCUT2D eigenvalue weighted by molar-refractivity contribution is 5.63. The first kappa shape index (κ1) is 10.0. The molecular weight excluding hydrogens is 190 g/mol. The van der Waals surface area contributed by atoms with Crippen LogP contribution < -0.4 is 10.1 Å². The van der Waals surface area contributed by atoms with Gasteiger partial charge >= 0.3 is 0 Å². The first-order valence-corrected chi connectivity index (χ1v) is 5.29. The van der Waals surface area contributed by atoms with Crippen molar-refractivity contribution in [2.24, 2.45) is 0 Å². The SMILES string of the molecule is CCOc1ccc2c(c1)C(CC=O)CN2. The van der Waals surface area contributed by atoms with E-state index in [0.717, 1.165) is 24.3 Å². The predicted octanol–water partition coefficient (Wildman–Crippen LogP) is 2.18. The first-order chi connectivity index (χ1) is 7.35. The molecule has 1 aromatic carbocycles. The fourth-order valence-electron chi connectivity index (χ4n) is 1.97. The quantitative estimate of drug-likeness (QED) is 0.766. The molecular formula is C12H15NO2. The number of fused-ring (bicyclic) bond motifs is 1. The third-order valence-corrected chi connectivity index (χ3v) is 2.69. The summed E-state index contributed by atoms with van der Waals surface area (Å²) < 4.78 is 5.44. The van der Waals surface area contributed by atoms with Crippen molar-refractivity contribution < 1.29 is 9.53 Å². The summed E-state index contributed by atoms with van der Waals surface area (Å²) in [5.41, 5.74) is 2.33. The second-order valence-corrected chi connectivity index (χ2v) is 3.66. The first-order valence-electron chi connectivity index (χ1n) is 5.29. The minimum absolute atomic E-state index is 0.304. The smallest absolute Gasteiger partial charge is 0.120 e. The summed E-state index contributed by atoms with van der Waals surface area (Å²) in [7, 11) is 0. The number of benzene rings is 1. The van der Waals surface area contributed by atoms with E-state index in [0.29, 0.717) is 18.9 Å². The zero-order valence-electron chi connectivity index (χ0n) is 8.82. The molecule has 0 spiro atoms. The lowest BCUT2D eigenvalue weighted by molar-refractivity contribution is -0.108. The van der Waals surface area contributed by atoms with Gasteiger partial charge in [0.1, 0.15) is 12.0 Å². The zero-order chi connectivity index (χ0) is 10.7. The van der Waals surface area contributed by atoms with E-state index in [-0.39, 0.29) is 0 Å². The summed E-state index contributed by atoms with van der Waals surface area (Å²) >= 11 is 0. The normalized spacial score (nSPS) is 18.1. The molecule has 3 heteroatoms. The number of aldehydes is 1. The Morgan fingerprint density at radius 3 is 3.20 bits per heavy atom. The molecule has 1 atom stereocenters. The van der Waals surface area contributed by atoms with Crippen molar-refractivity contribution in [1.82, 2.24) is 0 Å². The minimum atomic E-state index is 0.304. The molecule has 0 aliphatic carbocycles. The van der Waals surface area contributed by atoms with Gasteiger partial charge in [0.25, 0.3) is 0 Å². The number of hydrogen-bond acceptors (Lipinski definition) is 3. The molecule has 2 rings (SSSR count). The number of hydrogen-bond donors (Lipinski definition) is 1. The van der Waals surface area contributed by atoms with Gasteiger partial charge in [-0.15, -0.1) is 0 Å². The molecule has 80 valence electrons. The minimum Gasteiger partial charge on any atom is -0.494 e. The molecule has 1 unspecified atom stereocenters. The summed E-state index contributed by atoms with van der Waals surface area (Å²) in [4.78, 5) is 10.5. The Bertz CT molecular complexity index is 363. The Morgan fingerprint density at radius 2 is 2.47 bits per heavy atom. The van der Waals surface area contributed by atoms with Gasteiger partial charge < -0.3 is 14.8 Å². The van der Waals surface area contributed by atoms with Crippen LogP contribution in [0.1, 0.15) is 24.8 Å². The summed E-state index contributed by atoms with van der Waals surface area (Å²) in [6, 6.07) is 6.01. The third kappa shape index (κ3) is 1.96. The molecule has 3 nitrogen and oxygen atoms in total. The second kappa shape index (κ2) is 4.34. The fourth-order valence-corrected chi connectivity index (χ4v) is 1.97. The Morgan fingerprint density at radius 1 is 1.60 bits per heavy atom. The third-order valence-electron chi connectivity index (χ3n) is 2.69. The Balaban J connectivity index is 2.25. The van der Waals surface area contributed by atoms with Gasteiger partial charge in [-0.2, -0.15) is 0 Å². The van der Waals surface area contributed by atoms with Crippen molar-refractivity contribution in [2.45, 2.75) is 19.3 Å². The van der Waals surface area contributed by atoms with Crippen molar-refractivity contribution in [3.05, 3.63) is 23.8 Å². The lowest BCUT2D eigenvalue weighted by Crippen LogP contribution is -2.02. The van der Waals surface area contributed by atoms with E-state index < -0.39 is 0 Å². The molecule has 0 saturated heterocycles. The van der Waals surface area contributed by atoms with Crippen molar-refractivity contribution in [3.8, 4) is 5.75 Å². The summed E-state index contributed by atoms with van der Waals surface area (Å²) in [5.74, 6) is 1.19. The molecule has 1 aliphatic heterocycles. The molecule has 0 amide bonds. The Kier molecular flexibility index (Phi) is 2.90. The lowest BCUT2D eigenvalue weighted by atomic mass is 9.98. The van der Waals surface area contributed by atoms with Crippen LogP contribution in [0.15, 0.2) is 18.2 Å². The van der Waals surface area contributed by atoms with Crippen LogP contribution in [0.3, 0.4) is 0 Å². The van der Waals surface area contributed by atoms with Gasteiger partial charge in [0.2, 0.25) is 0 Å². The molecule has 0 radical (unpaired) electrons. The molecule has 15 heavy (non-hydrogen) atoms. The van der Waals surface area contributed by atoms with Gasteiger partial charge in [0, 0.05) is 24.6 Å². The van der Waals surface area contributed by atoms with E-state index in [1.165, 1.54) is 5.56 Å². The maximum absolute atomic E-state index is 10.5. The van der Waals surface area contributed by atoms with Crippen molar-refractivity contribution in [2.75, 3.05) is 18.5 Å². The molecule has 1 aromatic rings. The largest absolute Gasteiger partial charge is 0.494 e. The van der Waals surface area contributed by atoms with Crippen molar-refractivity contribution >= 4 is 12.0 Å². The second-order valence-electron chi connectivity index (χ2n) is 3.66. The number of nitrogens with one attached hydrogen (secondary N) is 1. The van der Waals surface area contributed by atoms with Gasteiger partial charge in [0.05, 0.1) is 6.61 Å². The van der Waals surface area contributed by atoms with Gasteiger partial charge in [-0.3, -0.25) is 0 Å². The molecule has 1 N–H and O–H groups in total. The average Bonchev–Trinajstić information content (AvgIpc) is 2.63. The molecule has 0 aromatic heterocycles. The summed E-state index contributed by atoms with van der Waals surface area (Å²) in [6.07, 6.45) is 1.56. The molecule has 1 aliphatic rings. The maximum atomic E-state index is 10.5. The van der Waals surface area contributed by atoms with E-state index in [4.69, 9.17) is 4.74 Å². The van der Waals surface area contributed by atoms with E-state index in [1.54, 1.807) is 0 Å². The average molecular weight is 205 g/mol. The number of carbonyl (C=O) groups excluding carboxylic acids is 1. The predicted molar refractivity (Wildman–Crippen MR) is 59.5 cm³/mol. The highest BCUT2D eigenvalue weighted by Gasteiger charge is 2.21. The van der Waals surface area contributed by atoms with E-state index in [2.05, 4.69) is 5.32 Å². The van der Waals surface area contributed by atoms with E-state index >= 15 is 0 Å². The maximum Gasteiger partial charge on any atom is 0.120 e. The highest BCUT2D eigenvalue weighted by atomic mass is 16.5. The highest BCUT2D eigenvalue weighted by Crippen LogP contribution is 2.35. The monoisotopic (exact) mass is 205 g/mol. The topological polar surface area (TPSA) is 38.3 Å². The number of rotatable bonds is 4. The van der Waals surface area contributed by atoms with Crippen LogP contribution in [-0.2, 0) is 4.79 Å². The summed E-state index contributed by atoms with van der Waals surface area (Å²) in [5, 5.41) is 3.29. The zero-order valence-corrected chi connectivity index (χ0v) is 8.82. The van der Waals surface area contributed by atoms with Crippen LogP contribution in [0.25, 0.3) is 0 Å². The van der Waals surface area contributed by atoms with Gasteiger partial charge in [0.15, 0.2) is 0 Å². The van der Waals surface area contributed by atoms with Crippen LogP contribution in [0, 0.1) is 0 Å². The van der Waals surface area contributed by atoms with E-state index in [9.17, 15) is 4.79 Å². The molecule has 0 bridgehead atoms. The standard InChI is InChI=1S/C12H15NO2/c1-2-15-10-3-4-12-11(7-10)9(5-6-14)8-13-12/h3-4,6-7,9,13H,2,5,8H2,1H3. The lowest BCUT2D eigenvalue weighted by Gasteiger charge is -2.08. The van der Waals surface area contributed by atoms with Gasteiger partial charge in [-0.25, -0.2) is 0 Å². The van der Waals surface area contributed by atoms with Crippen LogP contribution >= 0.6 is 0 Å². The van der Waals surface area contributed by atoms with Crippen molar-refractivity contribution in [1.29, 1.82) is 0 Å². The number of anilines is 1.